The molecule has 0 aliphatic heterocycles. The summed E-state index contributed by atoms with van der Waals surface area (Å²) in [6.07, 6.45) is 0. The van der Waals surface area contributed by atoms with Gasteiger partial charge >= 0.3 is 5.97 Å². The third-order valence-corrected chi connectivity index (χ3v) is 4.78. The van der Waals surface area contributed by atoms with E-state index in [1.807, 2.05) is 12.1 Å². The molecule has 3 rings (SSSR count). The zero-order valence-corrected chi connectivity index (χ0v) is 16.2. The topological polar surface area (TPSA) is 95.8 Å². The smallest absolute Gasteiger partial charge is 0.354 e. The van der Waals surface area contributed by atoms with Gasteiger partial charge in [0.25, 0.3) is 0 Å². The number of rotatable bonds is 4. The Kier molecular flexibility index (Phi) is 4.44. The Morgan fingerprint density at radius 1 is 1.38 bits per heavy atom. The number of carboxylic acid groups (broad SMARTS) is 1. The van der Waals surface area contributed by atoms with Gasteiger partial charge in [0.2, 0.25) is 0 Å². The predicted octanol–water partition coefficient (Wildman–Crippen LogP) is 3.87. The Morgan fingerprint density at radius 2 is 2.08 bits per heavy atom. The molecule has 3 N–H and O–H groups in total. The van der Waals surface area contributed by atoms with Crippen molar-refractivity contribution in [2.75, 3.05) is 5.32 Å². The van der Waals surface area contributed by atoms with Crippen molar-refractivity contribution in [3.8, 4) is 0 Å². The van der Waals surface area contributed by atoms with E-state index >= 15 is 0 Å². The van der Waals surface area contributed by atoms with Gasteiger partial charge in [-0.05, 0) is 30.0 Å². The minimum Gasteiger partial charge on any atom is -0.477 e. The number of aryl methyl sites for hydroxylation is 1. The number of benzene rings is 1. The van der Waals surface area contributed by atoms with E-state index < -0.39 is 5.97 Å². The molecule has 0 saturated carbocycles. The highest BCUT2D eigenvalue weighted by Crippen LogP contribution is 2.34. The van der Waals surface area contributed by atoms with Gasteiger partial charge < -0.3 is 10.4 Å². The molecule has 2 heterocycles. The fraction of sp³-hybridized carbons (Fsp3) is 0.389. The number of carboxylic acids is 1. The molecule has 138 valence electrons. The Balaban J connectivity index is 1.93. The lowest BCUT2D eigenvalue weighted by atomic mass is 9.86. The molecule has 0 unspecified atom stereocenters. The minimum absolute atomic E-state index is 0.0895. The Hall–Kier alpha value is -2.54. The summed E-state index contributed by atoms with van der Waals surface area (Å²) in [5.74, 6) is -0.303. The van der Waals surface area contributed by atoms with Gasteiger partial charge in [0.15, 0.2) is 5.82 Å². The van der Waals surface area contributed by atoms with Crippen molar-refractivity contribution >= 4 is 34.3 Å². The van der Waals surface area contributed by atoms with E-state index in [0.29, 0.717) is 28.6 Å². The Bertz CT molecular complexity index is 997. The molecule has 7 nitrogen and oxygen atoms in total. The molecule has 0 atom stereocenters. The van der Waals surface area contributed by atoms with Crippen LogP contribution in [0.1, 0.15) is 48.1 Å². The van der Waals surface area contributed by atoms with Crippen LogP contribution in [0.5, 0.6) is 0 Å². The highest BCUT2D eigenvalue weighted by Gasteiger charge is 2.21. The summed E-state index contributed by atoms with van der Waals surface area (Å²) in [7, 11) is 1.63. The highest BCUT2D eigenvalue weighted by atomic mass is 35.5. The SMILES string of the molecule is Cc1c(CNc2n[nH]c3cc(Cl)c(C(C)(C)C)cc23)nn(C)c1C(=O)O. The fourth-order valence-electron chi connectivity index (χ4n) is 3.07. The number of halogens is 1. The first-order valence-electron chi connectivity index (χ1n) is 8.27. The van der Waals surface area contributed by atoms with E-state index in [1.54, 1.807) is 14.0 Å². The van der Waals surface area contributed by atoms with E-state index in [2.05, 4.69) is 41.4 Å². The standard InChI is InChI=1S/C18H22ClN5O2/c1-9-14(23-24(5)15(9)17(25)26)8-20-16-10-6-11(18(2,3)4)12(19)7-13(10)21-22-16/h6-7H,8H2,1-5H3,(H,25,26)(H2,20,21,22). The first-order chi connectivity index (χ1) is 12.1. The van der Waals surface area contributed by atoms with Gasteiger partial charge in [-0.3, -0.25) is 9.78 Å². The molecule has 3 aromatic rings. The van der Waals surface area contributed by atoms with Crippen LogP contribution < -0.4 is 5.32 Å². The molecular weight excluding hydrogens is 354 g/mol. The minimum atomic E-state index is -0.988. The number of hydrogen-bond acceptors (Lipinski definition) is 4. The molecule has 0 radical (unpaired) electrons. The number of aromatic carboxylic acids is 1. The van der Waals surface area contributed by atoms with Crippen LogP contribution in [-0.4, -0.2) is 31.1 Å². The molecule has 0 fully saturated rings. The Labute approximate surface area is 156 Å². The quantitative estimate of drug-likeness (QED) is 0.643. The molecule has 0 spiro atoms. The first-order valence-corrected chi connectivity index (χ1v) is 8.65. The number of anilines is 1. The second-order valence-electron chi connectivity index (χ2n) is 7.40. The van der Waals surface area contributed by atoms with E-state index in [4.69, 9.17) is 11.6 Å². The van der Waals surface area contributed by atoms with Crippen LogP contribution >= 0.6 is 11.6 Å². The van der Waals surface area contributed by atoms with E-state index in [1.165, 1.54) is 4.68 Å². The average molecular weight is 376 g/mol. The van der Waals surface area contributed by atoms with Gasteiger partial charge in [-0.25, -0.2) is 4.79 Å². The van der Waals surface area contributed by atoms with Gasteiger partial charge in [0.1, 0.15) is 5.69 Å². The number of aromatic amines is 1. The summed E-state index contributed by atoms with van der Waals surface area (Å²) >= 11 is 6.40. The maximum absolute atomic E-state index is 11.3. The van der Waals surface area contributed by atoms with Crippen LogP contribution in [0.25, 0.3) is 10.9 Å². The van der Waals surface area contributed by atoms with Crippen LogP contribution in [0.15, 0.2) is 12.1 Å². The predicted molar refractivity (Wildman–Crippen MR) is 102 cm³/mol. The third kappa shape index (κ3) is 3.14. The van der Waals surface area contributed by atoms with E-state index in [-0.39, 0.29) is 11.1 Å². The molecule has 8 heteroatoms. The molecule has 0 amide bonds. The lowest BCUT2D eigenvalue weighted by molar-refractivity contribution is 0.0684. The zero-order chi connectivity index (χ0) is 19.2. The summed E-state index contributed by atoms with van der Waals surface area (Å²) in [6, 6.07) is 3.92. The third-order valence-electron chi connectivity index (χ3n) is 4.47. The van der Waals surface area contributed by atoms with Gasteiger partial charge in [0.05, 0.1) is 17.8 Å². The number of fused-ring (bicyclic) bond motifs is 1. The largest absolute Gasteiger partial charge is 0.477 e. The fourth-order valence-corrected chi connectivity index (χ4v) is 3.51. The van der Waals surface area contributed by atoms with Crippen LogP contribution in [0.4, 0.5) is 5.82 Å². The van der Waals surface area contributed by atoms with Crippen molar-refractivity contribution in [3.63, 3.8) is 0 Å². The second kappa shape index (κ2) is 6.32. The lowest BCUT2D eigenvalue weighted by Gasteiger charge is -2.20. The van der Waals surface area contributed by atoms with Crippen molar-refractivity contribution in [3.05, 3.63) is 39.7 Å². The molecule has 0 aliphatic carbocycles. The van der Waals surface area contributed by atoms with E-state index in [9.17, 15) is 9.90 Å². The number of nitrogens with one attached hydrogen (secondary N) is 2. The van der Waals surface area contributed by atoms with Gasteiger partial charge in [0, 0.05) is 23.0 Å². The molecule has 1 aromatic carbocycles. The summed E-state index contributed by atoms with van der Waals surface area (Å²) in [4.78, 5) is 11.3. The molecule has 0 bridgehead atoms. The molecule has 2 aromatic heterocycles. The second-order valence-corrected chi connectivity index (χ2v) is 7.81. The maximum Gasteiger partial charge on any atom is 0.354 e. The molecular formula is C18H22ClN5O2. The first kappa shape index (κ1) is 18.3. The summed E-state index contributed by atoms with van der Waals surface area (Å²) in [5.41, 5.74) is 3.30. The van der Waals surface area contributed by atoms with E-state index in [0.717, 1.165) is 16.5 Å². The Morgan fingerprint density at radius 3 is 2.65 bits per heavy atom. The molecule has 0 aliphatic rings. The number of aromatic nitrogens is 4. The van der Waals surface area contributed by atoms with Crippen LogP contribution in [-0.2, 0) is 19.0 Å². The maximum atomic E-state index is 11.3. The van der Waals surface area contributed by atoms with Crippen molar-refractivity contribution in [2.24, 2.45) is 7.05 Å². The number of H-pyrrole nitrogens is 1. The monoisotopic (exact) mass is 375 g/mol. The molecule has 0 saturated heterocycles. The van der Waals surface area contributed by atoms with Crippen LogP contribution in [0.3, 0.4) is 0 Å². The summed E-state index contributed by atoms with van der Waals surface area (Å²) < 4.78 is 1.38. The normalized spacial score (nSPS) is 11.9. The summed E-state index contributed by atoms with van der Waals surface area (Å²) in [5, 5.41) is 25.8. The van der Waals surface area contributed by atoms with Crippen molar-refractivity contribution < 1.29 is 9.90 Å². The number of carbonyl (C=O) groups is 1. The number of hydrogen-bond donors (Lipinski definition) is 3. The van der Waals surface area contributed by atoms with Gasteiger partial charge in [-0.15, -0.1) is 0 Å². The van der Waals surface area contributed by atoms with Crippen LogP contribution in [0, 0.1) is 6.92 Å². The van der Waals surface area contributed by atoms with Crippen molar-refractivity contribution in [1.29, 1.82) is 0 Å². The molecule has 26 heavy (non-hydrogen) atoms. The van der Waals surface area contributed by atoms with Crippen LogP contribution in [0.2, 0.25) is 5.02 Å². The zero-order valence-electron chi connectivity index (χ0n) is 15.4. The van der Waals surface area contributed by atoms with Crippen molar-refractivity contribution in [2.45, 2.75) is 39.7 Å². The lowest BCUT2D eigenvalue weighted by Crippen LogP contribution is -2.11. The highest BCUT2D eigenvalue weighted by molar-refractivity contribution is 6.32. The average Bonchev–Trinajstić information content (AvgIpc) is 3.03. The summed E-state index contributed by atoms with van der Waals surface area (Å²) in [6.45, 7) is 8.46. The van der Waals surface area contributed by atoms with Crippen molar-refractivity contribution in [1.82, 2.24) is 20.0 Å². The number of nitrogens with zero attached hydrogens (tertiary/aromatic N) is 3. The van der Waals surface area contributed by atoms with Gasteiger partial charge in [-0.1, -0.05) is 32.4 Å². The van der Waals surface area contributed by atoms with Gasteiger partial charge in [-0.2, -0.15) is 10.2 Å².